The van der Waals surface area contributed by atoms with Gasteiger partial charge in [0.05, 0.1) is 16.9 Å². The summed E-state index contributed by atoms with van der Waals surface area (Å²) < 4.78 is 18.6. The Morgan fingerprint density at radius 1 is 1.14 bits per heavy atom. The Morgan fingerprint density at radius 2 is 1.89 bits per heavy atom. The lowest BCUT2D eigenvalue weighted by Gasteiger charge is -2.38. The molecule has 4 rings (SSSR count). The maximum atomic E-state index is 13.6. The molecule has 142 valence electrons. The standard InChI is InChI=1S/C20H14ClFN2O4/c1-11-6-13(22)3-5-16(11)24-10-23(14-8-18(20(26)27)28-9-14)19(25)15-7-12(21)2-4-17(15)24/h2-9H,10H2,1H3,(H,26,27). The number of benzene rings is 2. The molecule has 1 N–H and O–H groups in total. The molecular weight excluding hydrogens is 387 g/mol. The Labute approximate surface area is 164 Å². The smallest absolute Gasteiger partial charge is 0.371 e. The molecule has 2 aromatic carbocycles. The van der Waals surface area contributed by atoms with Gasteiger partial charge in [0.1, 0.15) is 18.7 Å². The predicted octanol–water partition coefficient (Wildman–Crippen LogP) is 4.83. The van der Waals surface area contributed by atoms with E-state index < -0.39 is 5.97 Å². The first-order valence-corrected chi connectivity index (χ1v) is 8.70. The third kappa shape index (κ3) is 2.99. The highest BCUT2D eigenvalue weighted by Gasteiger charge is 2.33. The van der Waals surface area contributed by atoms with Crippen LogP contribution in [-0.4, -0.2) is 23.7 Å². The van der Waals surface area contributed by atoms with Gasteiger partial charge in [-0.25, -0.2) is 9.18 Å². The van der Waals surface area contributed by atoms with Gasteiger partial charge in [-0.15, -0.1) is 0 Å². The molecule has 0 saturated carbocycles. The lowest BCUT2D eigenvalue weighted by molar-refractivity contribution is 0.0662. The topological polar surface area (TPSA) is 74.0 Å². The molecule has 1 amide bonds. The van der Waals surface area contributed by atoms with Crippen LogP contribution in [-0.2, 0) is 0 Å². The van der Waals surface area contributed by atoms with E-state index >= 15 is 0 Å². The van der Waals surface area contributed by atoms with Crippen molar-refractivity contribution in [3.8, 4) is 0 Å². The molecule has 0 radical (unpaired) electrons. The SMILES string of the molecule is Cc1cc(F)ccc1N1CN(c2coc(C(=O)O)c2)C(=O)c2cc(Cl)ccc21. The molecule has 0 aliphatic carbocycles. The number of carboxylic acid groups (broad SMARTS) is 1. The number of aromatic carboxylic acids is 1. The lowest BCUT2D eigenvalue weighted by Crippen LogP contribution is -2.45. The van der Waals surface area contributed by atoms with Gasteiger partial charge in [-0.2, -0.15) is 0 Å². The van der Waals surface area contributed by atoms with Gasteiger partial charge < -0.3 is 14.4 Å². The van der Waals surface area contributed by atoms with Crippen molar-refractivity contribution in [2.24, 2.45) is 0 Å². The van der Waals surface area contributed by atoms with Crippen molar-refractivity contribution >= 4 is 40.5 Å². The minimum atomic E-state index is -1.23. The van der Waals surface area contributed by atoms with Gasteiger partial charge in [0.15, 0.2) is 0 Å². The number of hydrogen-bond acceptors (Lipinski definition) is 4. The first kappa shape index (κ1) is 18.1. The highest BCUT2D eigenvalue weighted by molar-refractivity contribution is 6.31. The van der Waals surface area contributed by atoms with Gasteiger partial charge in [0, 0.05) is 16.8 Å². The molecular formula is C20H14ClFN2O4. The van der Waals surface area contributed by atoms with E-state index in [9.17, 15) is 14.0 Å². The molecule has 0 spiro atoms. The fraction of sp³-hybridized carbons (Fsp3) is 0.100. The number of furan rings is 1. The first-order valence-electron chi connectivity index (χ1n) is 8.32. The van der Waals surface area contributed by atoms with E-state index in [2.05, 4.69) is 0 Å². The highest BCUT2D eigenvalue weighted by Crippen LogP contribution is 2.38. The zero-order valence-corrected chi connectivity index (χ0v) is 15.4. The number of carbonyl (C=O) groups is 2. The number of nitrogens with zero attached hydrogens (tertiary/aromatic N) is 2. The Hall–Kier alpha value is -3.32. The average molecular weight is 401 g/mol. The minimum absolute atomic E-state index is 0.0958. The Balaban J connectivity index is 1.85. The molecule has 0 saturated heterocycles. The monoisotopic (exact) mass is 400 g/mol. The van der Waals surface area contributed by atoms with Crippen molar-refractivity contribution in [1.82, 2.24) is 0 Å². The summed E-state index contributed by atoms with van der Waals surface area (Å²) in [5.74, 6) is -2.20. The van der Waals surface area contributed by atoms with Gasteiger partial charge >= 0.3 is 5.97 Å². The Morgan fingerprint density at radius 3 is 2.57 bits per heavy atom. The number of carbonyl (C=O) groups excluding carboxylic acids is 1. The number of halogens is 2. The zero-order valence-electron chi connectivity index (χ0n) is 14.6. The molecule has 0 unspecified atom stereocenters. The second-order valence-corrected chi connectivity index (χ2v) is 6.81. The van der Waals surface area contributed by atoms with E-state index in [4.69, 9.17) is 21.1 Å². The Bertz CT molecular complexity index is 1110. The number of carboxylic acids is 1. The van der Waals surface area contributed by atoms with Crippen LogP contribution in [0.25, 0.3) is 0 Å². The predicted molar refractivity (Wildman–Crippen MR) is 102 cm³/mol. The molecule has 1 aromatic heterocycles. The van der Waals surface area contributed by atoms with Crippen LogP contribution >= 0.6 is 11.6 Å². The molecule has 8 heteroatoms. The van der Waals surface area contributed by atoms with Gasteiger partial charge in [-0.3, -0.25) is 9.69 Å². The molecule has 1 aliphatic heterocycles. The van der Waals surface area contributed by atoms with E-state index in [0.717, 1.165) is 0 Å². The number of amides is 1. The van der Waals surface area contributed by atoms with Crippen LogP contribution in [0.3, 0.4) is 0 Å². The number of anilines is 3. The normalized spacial score (nSPS) is 13.6. The maximum absolute atomic E-state index is 13.6. The zero-order chi connectivity index (χ0) is 20.0. The first-order chi connectivity index (χ1) is 13.3. The lowest BCUT2D eigenvalue weighted by atomic mass is 10.1. The summed E-state index contributed by atoms with van der Waals surface area (Å²) in [6.45, 7) is 1.87. The van der Waals surface area contributed by atoms with Crippen molar-refractivity contribution in [3.05, 3.63) is 76.5 Å². The van der Waals surface area contributed by atoms with Gasteiger partial charge in [0.25, 0.3) is 5.91 Å². The van der Waals surface area contributed by atoms with E-state index in [1.807, 2.05) is 4.90 Å². The molecule has 0 fully saturated rings. The van der Waals surface area contributed by atoms with Crippen molar-refractivity contribution in [2.75, 3.05) is 16.5 Å². The molecule has 28 heavy (non-hydrogen) atoms. The summed E-state index contributed by atoms with van der Waals surface area (Å²) in [6.07, 6.45) is 1.21. The number of rotatable bonds is 3. The van der Waals surface area contributed by atoms with Crippen LogP contribution in [0.4, 0.5) is 21.5 Å². The highest BCUT2D eigenvalue weighted by atomic mass is 35.5. The van der Waals surface area contributed by atoms with Crippen LogP contribution in [0.1, 0.15) is 26.5 Å². The molecule has 2 heterocycles. The average Bonchev–Trinajstić information content (AvgIpc) is 3.13. The third-order valence-electron chi connectivity index (χ3n) is 4.57. The Kier molecular flexibility index (Phi) is 4.31. The van der Waals surface area contributed by atoms with Crippen molar-refractivity contribution < 1.29 is 23.5 Å². The quantitative estimate of drug-likeness (QED) is 0.681. The van der Waals surface area contributed by atoms with Crippen molar-refractivity contribution in [1.29, 1.82) is 0 Å². The molecule has 3 aromatic rings. The number of fused-ring (bicyclic) bond motifs is 1. The van der Waals surface area contributed by atoms with Crippen LogP contribution in [0, 0.1) is 12.7 Å². The van der Waals surface area contributed by atoms with Crippen molar-refractivity contribution in [3.63, 3.8) is 0 Å². The largest absolute Gasteiger partial charge is 0.475 e. The fourth-order valence-electron chi connectivity index (χ4n) is 3.25. The van der Waals surface area contributed by atoms with Gasteiger partial charge in [-0.1, -0.05) is 11.6 Å². The van der Waals surface area contributed by atoms with Crippen LogP contribution < -0.4 is 9.80 Å². The summed E-state index contributed by atoms with van der Waals surface area (Å²) >= 11 is 6.09. The van der Waals surface area contributed by atoms with Crippen LogP contribution in [0.15, 0.2) is 53.1 Å². The summed E-state index contributed by atoms with van der Waals surface area (Å²) in [5, 5.41) is 9.48. The second-order valence-electron chi connectivity index (χ2n) is 6.37. The summed E-state index contributed by atoms with van der Waals surface area (Å²) in [5.41, 5.74) is 2.68. The summed E-state index contributed by atoms with van der Waals surface area (Å²) in [4.78, 5) is 27.4. The van der Waals surface area contributed by atoms with Crippen LogP contribution in [0.2, 0.25) is 5.02 Å². The van der Waals surface area contributed by atoms with Crippen LogP contribution in [0.5, 0.6) is 0 Å². The maximum Gasteiger partial charge on any atom is 0.371 e. The summed E-state index contributed by atoms with van der Waals surface area (Å²) in [6, 6.07) is 10.6. The molecule has 0 atom stereocenters. The third-order valence-corrected chi connectivity index (χ3v) is 4.80. The molecule has 0 bridgehead atoms. The number of aryl methyl sites for hydroxylation is 1. The van der Waals surface area contributed by atoms with Crippen molar-refractivity contribution in [2.45, 2.75) is 6.92 Å². The van der Waals surface area contributed by atoms with E-state index in [-0.39, 0.29) is 24.2 Å². The van der Waals surface area contributed by atoms with Gasteiger partial charge in [-0.05, 0) is 48.9 Å². The fourth-order valence-corrected chi connectivity index (χ4v) is 3.42. The van der Waals surface area contributed by atoms with E-state index in [0.29, 0.717) is 33.2 Å². The second kappa shape index (κ2) is 6.69. The number of hydrogen-bond donors (Lipinski definition) is 1. The molecule has 6 nitrogen and oxygen atoms in total. The minimum Gasteiger partial charge on any atom is -0.475 e. The molecule has 1 aliphatic rings. The van der Waals surface area contributed by atoms with E-state index in [1.54, 1.807) is 31.2 Å². The summed E-state index contributed by atoms with van der Waals surface area (Å²) in [7, 11) is 0. The van der Waals surface area contributed by atoms with Gasteiger partial charge in [0.2, 0.25) is 5.76 Å². The van der Waals surface area contributed by atoms with E-state index in [1.165, 1.54) is 29.4 Å².